The van der Waals surface area contributed by atoms with E-state index in [2.05, 4.69) is 41.4 Å². The van der Waals surface area contributed by atoms with Crippen LogP contribution in [0.5, 0.6) is 0 Å². The van der Waals surface area contributed by atoms with Crippen LogP contribution < -0.4 is 10.3 Å². The van der Waals surface area contributed by atoms with Crippen LogP contribution in [0.15, 0.2) is 41.5 Å². The lowest BCUT2D eigenvalue weighted by atomic mass is 10.0. The molecule has 3 rings (SSSR count). The van der Waals surface area contributed by atoms with E-state index in [9.17, 15) is 4.79 Å². The van der Waals surface area contributed by atoms with Crippen molar-refractivity contribution in [2.24, 2.45) is 5.10 Å². The molecule has 0 unspecified atom stereocenters. The van der Waals surface area contributed by atoms with E-state index >= 15 is 0 Å². The molecule has 0 aromatic heterocycles. The van der Waals surface area contributed by atoms with Gasteiger partial charge in [0.2, 0.25) is 0 Å². The van der Waals surface area contributed by atoms with E-state index in [1.807, 2.05) is 43.3 Å². The number of amides is 1. The Morgan fingerprint density at radius 3 is 2.23 bits per heavy atom. The van der Waals surface area contributed by atoms with Gasteiger partial charge in [0.05, 0.1) is 12.8 Å². The summed E-state index contributed by atoms with van der Waals surface area (Å²) in [6, 6.07) is 12.5. The number of benzene rings is 2. The van der Waals surface area contributed by atoms with Crippen molar-refractivity contribution in [3.05, 3.63) is 64.2 Å². The van der Waals surface area contributed by atoms with Crippen molar-refractivity contribution in [3.8, 4) is 0 Å². The monoisotopic (exact) mass is 350 g/mol. The molecule has 26 heavy (non-hydrogen) atoms. The topological polar surface area (TPSA) is 47.9 Å². The molecule has 1 amide bonds. The van der Waals surface area contributed by atoms with Gasteiger partial charge in [0.1, 0.15) is 0 Å². The third-order valence-corrected chi connectivity index (χ3v) is 4.78. The number of aryl methyl sites for hydroxylation is 2. The summed E-state index contributed by atoms with van der Waals surface area (Å²) < 4.78 is 0. The van der Waals surface area contributed by atoms with Crippen molar-refractivity contribution >= 4 is 17.8 Å². The number of anilines is 1. The molecule has 0 atom stereocenters. The number of carbonyl (C=O) groups excluding carboxylic acids is 1. The van der Waals surface area contributed by atoms with E-state index in [0.717, 1.165) is 24.3 Å². The molecule has 0 radical (unpaired) electrons. The van der Waals surface area contributed by atoms with Gasteiger partial charge in [-0.2, -0.15) is 5.10 Å². The Labute approximate surface area is 155 Å². The summed E-state index contributed by atoms with van der Waals surface area (Å²) in [7, 11) is 4.01. The smallest absolute Gasteiger partial charge is 0.254 e. The molecule has 2 aromatic rings. The fraction of sp³-hybridized carbons (Fsp3) is 0.333. The highest BCUT2D eigenvalue weighted by atomic mass is 16.2. The summed E-state index contributed by atoms with van der Waals surface area (Å²) in [5, 5.41) is 4.07. The molecule has 1 heterocycles. The fourth-order valence-electron chi connectivity index (χ4n) is 3.16. The zero-order valence-electron chi connectivity index (χ0n) is 15.9. The molecule has 0 saturated heterocycles. The average molecular weight is 350 g/mol. The van der Waals surface area contributed by atoms with Crippen LogP contribution >= 0.6 is 0 Å². The zero-order chi connectivity index (χ0) is 18.7. The molecule has 5 heteroatoms. The first-order valence-corrected chi connectivity index (χ1v) is 8.83. The molecule has 1 N–H and O–H groups in total. The molecule has 136 valence electrons. The Kier molecular flexibility index (Phi) is 5.38. The third kappa shape index (κ3) is 4.29. The minimum absolute atomic E-state index is 0.0904. The predicted molar refractivity (Wildman–Crippen MR) is 107 cm³/mol. The first-order chi connectivity index (χ1) is 12.4. The summed E-state index contributed by atoms with van der Waals surface area (Å²) in [6.07, 6.45) is 1.67. The summed E-state index contributed by atoms with van der Waals surface area (Å²) in [5.74, 6) is -0.0904. The van der Waals surface area contributed by atoms with E-state index in [-0.39, 0.29) is 5.91 Å². The van der Waals surface area contributed by atoms with Crippen LogP contribution in [0.1, 0.15) is 27.8 Å². The largest absolute Gasteiger partial charge is 0.378 e. The first kappa shape index (κ1) is 18.1. The van der Waals surface area contributed by atoms with Crippen LogP contribution in [0.25, 0.3) is 0 Å². The maximum atomic E-state index is 12.1. The normalized spacial score (nSPS) is 13.8. The number of nitrogens with one attached hydrogen (secondary N) is 1. The van der Waals surface area contributed by atoms with Gasteiger partial charge in [-0.1, -0.05) is 24.3 Å². The van der Waals surface area contributed by atoms with Crippen molar-refractivity contribution in [3.63, 3.8) is 0 Å². The average Bonchev–Trinajstić information content (AvgIpc) is 2.96. The van der Waals surface area contributed by atoms with Crippen molar-refractivity contribution in [2.45, 2.75) is 26.9 Å². The van der Waals surface area contributed by atoms with E-state index in [4.69, 9.17) is 0 Å². The van der Waals surface area contributed by atoms with Gasteiger partial charge in [0.15, 0.2) is 0 Å². The van der Waals surface area contributed by atoms with Crippen LogP contribution in [0, 0.1) is 13.8 Å². The molecule has 2 aromatic carbocycles. The van der Waals surface area contributed by atoms with E-state index in [1.54, 1.807) is 6.21 Å². The van der Waals surface area contributed by atoms with Crippen LogP contribution in [0.2, 0.25) is 0 Å². The fourth-order valence-corrected chi connectivity index (χ4v) is 3.16. The van der Waals surface area contributed by atoms with Crippen molar-refractivity contribution < 1.29 is 4.79 Å². The van der Waals surface area contributed by atoms with Crippen molar-refractivity contribution in [1.82, 2.24) is 10.3 Å². The lowest BCUT2D eigenvalue weighted by Crippen LogP contribution is -2.32. The number of carbonyl (C=O) groups is 1. The Bertz CT molecular complexity index is 794. The predicted octanol–water partition coefficient (Wildman–Crippen LogP) is 2.84. The highest BCUT2D eigenvalue weighted by Crippen LogP contribution is 2.25. The van der Waals surface area contributed by atoms with Crippen molar-refractivity contribution in [2.75, 3.05) is 25.5 Å². The summed E-state index contributed by atoms with van der Waals surface area (Å²) in [6.45, 7) is 6.25. The van der Waals surface area contributed by atoms with E-state index in [1.165, 1.54) is 22.3 Å². The maximum Gasteiger partial charge on any atom is 0.254 e. The molecule has 0 aliphatic carbocycles. The Balaban J connectivity index is 1.50. The Morgan fingerprint density at radius 2 is 1.69 bits per heavy atom. The second-order valence-electron chi connectivity index (χ2n) is 7.13. The first-order valence-electron chi connectivity index (χ1n) is 8.83. The number of rotatable bonds is 5. The van der Waals surface area contributed by atoms with Gasteiger partial charge >= 0.3 is 0 Å². The van der Waals surface area contributed by atoms with E-state index in [0.29, 0.717) is 6.54 Å². The summed E-state index contributed by atoms with van der Waals surface area (Å²) in [5.41, 5.74) is 9.97. The number of nitrogens with zero attached hydrogens (tertiary/aromatic N) is 3. The number of fused-ring (bicyclic) bond motifs is 1. The molecule has 0 bridgehead atoms. The molecule has 0 saturated carbocycles. The highest BCUT2D eigenvalue weighted by molar-refractivity contribution is 5.83. The lowest BCUT2D eigenvalue weighted by molar-refractivity contribution is -0.122. The minimum Gasteiger partial charge on any atom is -0.378 e. The molecule has 1 aliphatic heterocycles. The molecule has 0 spiro atoms. The lowest BCUT2D eigenvalue weighted by Gasteiger charge is -2.13. The van der Waals surface area contributed by atoms with Gasteiger partial charge in [-0.3, -0.25) is 9.69 Å². The van der Waals surface area contributed by atoms with Crippen LogP contribution in [0.3, 0.4) is 0 Å². The van der Waals surface area contributed by atoms with E-state index < -0.39 is 0 Å². The summed E-state index contributed by atoms with van der Waals surface area (Å²) >= 11 is 0. The quantitative estimate of drug-likeness (QED) is 0.666. The Morgan fingerprint density at radius 1 is 1.12 bits per heavy atom. The van der Waals surface area contributed by atoms with Gasteiger partial charge in [-0.15, -0.1) is 0 Å². The second-order valence-corrected chi connectivity index (χ2v) is 7.13. The van der Waals surface area contributed by atoms with Crippen LogP contribution in [-0.4, -0.2) is 37.7 Å². The minimum atomic E-state index is -0.0904. The van der Waals surface area contributed by atoms with Gasteiger partial charge in [0.25, 0.3) is 5.91 Å². The molecule has 0 fully saturated rings. The van der Waals surface area contributed by atoms with Gasteiger partial charge < -0.3 is 4.90 Å². The van der Waals surface area contributed by atoms with Crippen LogP contribution in [0.4, 0.5) is 5.69 Å². The zero-order valence-corrected chi connectivity index (χ0v) is 15.9. The van der Waals surface area contributed by atoms with Gasteiger partial charge in [-0.05, 0) is 53.8 Å². The number of hydrogen-bond donors (Lipinski definition) is 1. The second kappa shape index (κ2) is 7.70. The van der Waals surface area contributed by atoms with Gasteiger partial charge in [0, 0.05) is 32.9 Å². The maximum absolute atomic E-state index is 12.1. The number of hydrogen-bond acceptors (Lipinski definition) is 4. The van der Waals surface area contributed by atoms with Crippen LogP contribution in [-0.2, 0) is 17.9 Å². The highest BCUT2D eigenvalue weighted by Gasteiger charge is 2.21. The standard InChI is InChI=1S/C21H26N4O/c1-15-9-18-12-25(13-19(18)10-16(15)2)14-21(26)23-22-11-17-5-7-20(8-6-17)24(3)4/h5-11H,12-14H2,1-4H3,(H,23,26)/b22-11-. The van der Waals surface area contributed by atoms with Gasteiger partial charge in [-0.25, -0.2) is 5.43 Å². The third-order valence-electron chi connectivity index (χ3n) is 4.78. The SMILES string of the molecule is Cc1cc2c(cc1C)CN(CC(=O)N/N=C\c1ccc(N(C)C)cc1)C2. The van der Waals surface area contributed by atoms with Crippen molar-refractivity contribution in [1.29, 1.82) is 0 Å². The molecular weight excluding hydrogens is 324 g/mol. The molecular formula is C21H26N4O. The molecule has 5 nitrogen and oxygen atoms in total. The Hall–Kier alpha value is -2.66. The number of hydrazone groups is 1. The molecule has 1 aliphatic rings. The summed E-state index contributed by atoms with van der Waals surface area (Å²) in [4.78, 5) is 16.3.